The van der Waals surface area contributed by atoms with Gasteiger partial charge in [-0.05, 0) is 6.92 Å². The molecular formula is C5H13N2OP. The standard InChI is InChI=1S/C5H13N2OP/c1-4(6)5(8)2-7(9)3-5/h4,8H,2-3,6,9H2,1H3/t4-/m0/s1. The second-order valence-electron chi connectivity index (χ2n) is 2.80. The number of aliphatic hydroxyl groups is 1. The van der Waals surface area contributed by atoms with Crippen LogP contribution < -0.4 is 5.73 Å². The second kappa shape index (κ2) is 2.17. The summed E-state index contributed by atoms with van der Waals surface area (Å²) in [5.74, 6) is 0. The molecule has 4 heteroatoms. The van der Waals surface area contributed by atoms with Gasteiger partial charge in [0.1, 0.15) is 5.60 Å². The van der Waals surface area contributed by atoms with Crippen molar-refractivity contribution in [3.63, 3.8) is 0 Å². The van der Waals surface area contributed by atoms with Crippen molar-refractivity contribution in [1.82, 2.24) is 4.67 Å². The molecule has 1 saturated heterocycles. The van der Waals surface area contributed by atoms with Crippen LogP contribution in [0.5, 0.6) is 0 Å². The minimum atomic E-state index is -0.623. The first-order chi connectivity index (χ1) is 4.04. The summed E-state index contributed by atoms with van der Waals surface area (Å²) in [6.45, 7) is 3.18. The van der Waals surface area contributed by atoms with E-state index in [0.29, 0.717) is 13.1 Å². The lowest BCUT2D eigenvalue weighted by atomic mass is 9.90. The highest BCUT2D eigenvalue weighted by molar-refractivity contribution is 7.13. The van der Waals surface area contributed by atoms with Crippen LogP contribution in [0.2, 0.25) is 0 Å². The average molecular weight is 148 g/mol. The van der Waals surface area contributed by atoms with Gasteiger partial charge >= 0.3 is 0 Å². The van der Waals surface area contributed by atoms with Gasteiger partial charge < -0.3 is 10.8 Å². The summed E-state index contributed by atoms with van der Waals surface area (Å²) in [6.07, 6.45) is 0. The molecule has 54 valence electrons. The first kappa shape index (κ1) is 7.42. The molecule has 0 bridgehead atoms. The summed E-state index contributed by atoms with van der Waals surface area (Å²) in [5, 5.41) is 9.48. The lowest BCUT2D eigenvalue weighted by Gasteiger charge is -2.46. The molecule has 0 aromatic heterocycles. The lowest BCUT2D eigenvalue weighted by molar-refractivity contribution is -0.0701. The Kier molecular flexibility index (Phi) is 1.79. The van der Waals surface area contributed by atoms with Crippen LogP contribution in [0.3, 0.4) is 0 Å². The molecule has 0 radical (unpaired) electrons. The Balaban J connectivity index is 2.40. The van der Waals surface area contributed by atoms with Gasteiger partial charge in [0.25, 0.3) is 0 Å². The van der Waals surface area contributed by atoms with Gasteiger partial charge in [-0.2, -0.15) is 0 Å². The number of rotatable bonds is 1. The molecule has 0 aromatic carbocycles. The molecule has 0 amide bonds. The molecule has 9 heavy (non-hydrogen) atoms. The molecule has 1 rings (SSSR count). The summed E-state index contributed by atoms with van der Waals surface area (Å²) in [5.41, 5.74) is 4.88. The van der Waals surface area contributed by atoms with Crippen LogP contribution in [0.25, 0.3) is 0 Å². The van der Waals surface area contributed by atoms with E-state index in [1.54, 1.807) is 0 Å². The molecule has 1 unspecified atom stereocenters. The smallest absolute Gasteiger partial charge is 0.105 e. The monoisotopic (exact) mass is 148 g/mol. The van der Waals surface area contributed by atoms with Crippen LogP contribution in [0, 0.1) is 0 Å². The third-order valence-corrected chi connectivity index (χ3v) is 2.17. The molecule has 3 N–H and O–H groups in total. The van der Waals surface area contributed by atoms with Crippen molar-refractivity contribution in [3.8, 4) is 0 Å². The first-order valence-corrected chi connectivity index (χ1v) is 3.54. The minimum absolute atomic E-state index is 0.116. The number of nitrogens with two attached hydrogens (primary N) is 1. The van der Waals surface area contributed by atoms with E-state index in [0.717, 1.165) is 0 Å². The molecule has 0 aromatic rings. The molecule has 3 nitrogen and oxygen atoms in total. The molecule has 1 aliphatic rings. The molecule has 1 heterocycles. The second-order valence-corrected chi connectivity index (χ2v) is 3.53. The minimum Gasteiger partial charge on any atom is -0.386 e. The van der Waals surface area contributed by atoms with Gasteiger partial charge in [-0.15, -0.1) is 0 Å². The Morgan fingerprint density at radius 1 is 1.78 bits per heavy atom. The fourth-order valence-corrected chi connectivity index (χ4v) is 1.58. The molecule has 0 spiro atoms. The molecule has 1 aliphatic heterocycles. The Hall–Kier alpha value is 0.310. The molecule has 2 atom stereocenters. The summed E-state index contributed by atoms with van der Waals surface area (Å²) in [4.78, 5) is 0. The Bertz CT molecular complexity index is 112. The fourth-order valence-electron chi connectivity index (χ4n) is 0.945. The Morgan fingerprint density at radius 2 is 2.22 bits per heavy atom. The SMILES string of the molecule is C[C@H](N)C1(O)CN(P)C1. The number of hydrogen-bond donors (Lipinski definition) is 2. The zero-order chi connectivity index (χ0) is 7.07. The summed E-state index contributed by atoms with van der Waals surface area (Å²) >= 11 is 0. The molecule has 1 fully saturated rings. The quantitative estimate of drug-likeness (QED) is 0.477. The number of hydrogen-bond acceptors (Lipinski definition) is 3. The van der Waals surface area contributed by atoms with Crippen molar-refractivity contribution in [1.29, 1.82) is 0 Å². The third-order valence-electron chi connectivity index (χ3n) is 1.80. The van der Waals surface area contributed by atoms with Crippen LogP contribution in [0.4, 0.5) is 0 Å². The summed E-state index contributed by atoms with van der Waals surface area (Å²) in [7, 11) is 2.53. The topological polar surface area (TPSA) is 49.5 Å². The van der Waals surface area contributed by atoms with Crippen LogP contribution in [-0.4, -0.2) is 34.5 Å². The van der Waals surface area contributed by atoms with Crippen molar-refractivity contribution in [2.75, 3.05) is 13.1 Å². The van der Waals surface area contributed by atoms with E-state index in [-0.39, 0.29) is 6.04 Å². The van der Waals surface area contributed by atoms with E-state index in [2.05, 4.69) is 9.39 Å². The Morgan fingerprint density at radius 3 is 2.33 bits per heavy atom. The normalized spacial score (nSPS) is 29.3. The lowest BCUT2D eigenvalue weighted by Crippen LogP contribution is -2.65. The van der Waals surface area contributed by atoms with Gasteiger partial charge in [-0.1, -0.05) is 9.39 Å². The fraction of sp³-hybridized carbons (Fsp3) is 1.00. The highest BCUT2D eigenvalue weighted by Crippen LogP contribution is 2.25. The zero-order valence-corrected chi connectivity index (χ0v) is 6.70. The van der Waals surface area contributed by atoms with E-state index in [1.807, 2.05) is 11.6 Å². The maximum atomic E-state index is 9.48. The van der Waals surface area contributed by atoms with Gasteiger partial charge in [0.05, 0.1) is 0 Å². The van der Waals surface area contributed by atoms with E-state index >= 15 is 0 Å². The number of nitrogens with zero attached hydrogens (tertiary/aromatic N) is 1. The Labute approximate surface area is 57.5 Å². The predicted octanol–water partition coefficient (Wildman–Crippen LogP) is -0.830. The van der Waals surface area contributed by atoms with E-state index in [9.17, 15) is 5.11 Å². The van der Waals surface area contributed by atoms with Crippen LogP contribution in [-0.2, 0) is 0 Å². The third kappa shape index (κ3) is 1.24. The van der Waals surface area contributed by atoms with Gasteiger partial charge in [0.15, 0.2) is 0 Å². The van der Waals surface area contributed by atoms with E-state index in [1.165, 1.54) is 0 Å². The van der Waals surface area contributed by atoms with Gasteiger partial charge in [0.2, 0.25) is 0 Å². The summed E-state index contributed by atoms with van der Waals surface area (Å²) < 4.78 is 1.96. The molecule has 0 aliphatic carbocycles. The van der Waals surface area contributed by atoms with Crippen LogP contribution in [0.15, 0.2) is 0 Å². The van der Waals surface area contributed by atoms with Crippen molar-refractivity contribution in [2.24, 2.45) is 5.73 Å². The van der Waals surface area contributed by atoms with Gasteiger partial charge in [0, 0.05) is 19.1 Å². The van der Waals surface area contributed by atoms with Crippen LogP contribution >= 0.6 is 9.39 Å². The summed E-state index contributed by atoms with van der Waals surface area (Å²) in [6, 6.07) is -0.116. The maximum Gasteiger partial charge on any atom is 0.105 e. The van der Waals surface area contributed by atoms with Gasteiger partial charge in [-0.25, -0.2) is 0 Å². The molecule has 0 saturated carbocycles. The highest BCUT2D eigenvalue weighted by Gasteiger charge is 2.42. The number of β-amino-alcohol motifs (C(OH)–C–C–N with tert-alkyl or cyclic N) is 1. The first-order valence-electron chi connectivity index (χ1n) is 3.02. The van der Waals surface area contributed by atoms with Crippen molar-refractivity contribution >= 4 is 9.39 Å². The molecular weight excluding hydrogens is 135 g/mol. The van der Waals surface area contributed by atoms with Crippen molar-refractivity contribution in [3.05, 3.63) is 0 Å². The largest absolute Gasteiger partial charge is 0.386 e. The van der Waals surface area contributed by atoms with E-state index < -0.39 is 5.60 Å². The predicted molar refractivity (Wildman–Crippen MR) is 39.9 cm³/mol. The zero-order valence-electron chi connectivity index (χ0n) is 5.54. The van der Waals surface area contributed by atoms with E-state index in [4.69, 9.17) is 5.73 Å². The van der Waals surface area contributed by atoms with Crippen molar-refractivity contribution < 1.29 is 5.11 Å². The highest BCUT2D eigenvalue weighted by atomic mass is 31.0. The van der Waals surface area contributed by atoms with Gasteiger partial charge in [-0.3, -0.25) is 4.67 Å². The average Bonchev–Trinajstić information content (AvgIpc) is 1.62. The maximum absolute atomic E-state index is 9.48. The van der Waals surface area contributed by atoms with Crippen molar-refractivity contribution in [2.45, 2.75) is 18.6 Å². The van der Waals surface area contributed by atoms with Crippen LogP contribution in [0.1, 0.15) is 6.92 Å².